The van der Waals surface area contributed by atoms with E-state index in [2.05, 4.69) is 100 Å². The van der Waals surface area contributed by atoms with E-state index in [1.807, 2.05) is 39.1 Å². The van der Waals surface area contributed by atoms with Crippen molar-refractivity contribution in [3.05, 3.63) is 70.6 Å². The lowest BCUT2D eigenvalue weighted by Gasteiger charge is -2.19. The van der Waals surface area contributed by atoms with Gasteiger partial charge < -0.3 is 11.5 Å². The van der Waals surface area contributed by atoms with E-state index in [-0.39, 0.29) is 16.2 Å². The van der Waals surface area contributed by atoms with Gasteiger partial charge in [-0.2, -0.15) is 0 Å². The fourth-order valence-electron chi connectivity index (χ4n) is 3.11. The van der Waals surface area contributed by atoms with Crippen LogP contribution < -0.4 is 11.5 Å². The van der Waals surface area contributed by atoms with E-state index < -0.39 is 0 Å². The van der Waals surface area contributed by atoms with E-state index in [9.17, 15) is 0 Å². The van der Waals surface area contributed by atoms with Crippen molar-refractivity contribution < 1.29 is 0 Å². The average Bonchev–Trinajstić information content (AvgIpc) is 2.65. The highest BCUT2D eigenvalue weighted by molar-refractivity contribution is 5.37. The summed E-state index contributed by atoms with van der Waals surface area (Å²) < 4.78 is 0. The molecule has 3 heterocycles. The van der Waals surface area contributed by atoms with Crippen molar-refractivity contribution in [1.29, 1.82) is 0 Å². The van der Waals surface area contributed by atoms with Crippen molar-refractivity contribution in [3.8, 4) is 0 Å². The molecule has 3 aromatic rings. The zero-order valence-electron chi connectivity index (χ0n) is 23.9. The third-order valence-electron chi connectivity index (χ3n) is 5.23. The fraction of sp³-hybridized carbons (Fsp3) is 0.517. The van der Waals surface area contributed by atoms with Crippen molar-refractivity contribution in [2.45, 2.75) is 99.3 Å². The lowest BCUT2D eigenvalue weighted by Crippen LogP contribution is -2.15. The summed E-state index contributed by atoms with van der Waals surface area (Å²) in [6, 6.07) is 10.1. The van der Waals surface area contributed by atoms with Crippen molar-refractivity contribution >= 4 is 11.6 Å². The smallest absolute Gasteiger partial charge is 0.127 e. The minimum absolute atomic E-state index is 0.0435. The van der Waals surface area contributed by atoms with Crippen LogP contribution in [0.25, 0.3) is 0 Å². The molecule has 0 saturated carbocycles. The number of nitrogens with two attached hydrogens (primary N) is 2. The lowest BCUT2D eigenvalue weighted by atomic mass is 9.87. The first-order valence-electron chi connectivity index (χ1n) is 12.1. The highest BCUT2D eigenvalue weighted by Gasteiger charge is 2.16. The Bertz CT molecular complexity index is 997. The molecule has 0 aliphatic rings. The molecule has 0 bridgehead atoms. The van der Waals surface area contributed by atoms with Crippen molar-refractivity contribution in [2.24, 2.45) is 0 Å². The van der Waals surface area contributed by atoms with E-state index >= 15 is 0 Å². The van der Waals surface area contributed by atoms with Crippen LogP contribution in [0.15, 0.2) is 36.5 Å². The number of aryl methyl sites for hydroxylation is 3. The minimum atomic E-state index is 0.0435. The molecule has 192 valence electrons. The number of nitrogens with zero attached hydrogens (tertiary/aromatic N) is 4. The van der Waals surface area contributed by atoms with Gasteiger partial charge in [0.15, 0.2) is 0 Å². The second-order valence-electron chi connectivity index (χ2n) is 12.1. The molecular formula is C29H46N6. The molecule has 0 spiro atoms. The summed E-state index contributed by atoms with van der Waals surface area (Å²) in [5.41, 5.74) is 17.4. The van der Waals surface area contributed by atoms with Gasteiger partial charge in [0.2, 0.25) is 0 Å². The van der Waals surface area contributed by atoms with Gasteiger partial charge in [-0.3, -0.25) is 4.98 Å². The second-order valence-corrected chi connectivity index (χ2v) is 12.1. The average molecular weight is 479 g/mol. The molecule has 3 rings (SSSR count). The van der Waals surface area contributed by atoms with Gasteiger partial charge in [0, 0.05) is 29.1 Å². The third kappa shape index (κ3) is 10.8. The molecule has 0 fully saturated rings. The highest BCUT2D eigenvalue weighted by atomic mass is 14.9. The summed E-state index contributed by atoms with van der Waals surface area (Å²) in [5.74, 6) is 1.90. The largest absolute Gasteiger partial charge is 0.384 e. The third-order valence-corrected chi connectivity index (χ3v) is 5.23. The number of aromatic nitrogens is 4. The SMILES string of the molecule is Cc1cc(C(C)(C)C)cc(N)n1.Cc1cc(C(C)(C)C)ccn1.Cc1nc(N)cc(C(C)(C)C)n1. The molecule has 0 aliphatic heterocycles. The maximum absolute atomic E-state index is 5.64. The Kier molecular flexibility index (Phi) is 9.95. The summed E-state index contributed by atoms with van der Waals surface area (Å²) in [6.07, 6.45) is 1.87. The monoisotopic (exact) mass is 478 g/mol. The molecule has 4 N–H and O–H groups in total. The van der Waals surface area contributed by atoms with Gasteiger partial charge in [-0.15, -0.1) is 0 Å². The Morgan fingerprint density at radius 1 is 0.571 bits per heavy atom. The van der Waals surface area contributed by atoms with Crippen LogP contribution in [0, 0.1) is 20.8 Å². The first-order valence-corrected chi connectivity index (χ1v) is 12.1. The van der Waals surface area contributed by atoms with E-state index in [1.165, 1.54) is 11.1 Å². The van der Waals surface area contributed by atoms with Crippen molar-refractivity contribution in [2.75, 3.05) is 11.5 Å². The van der Waals surface area contributed by atoms with Gasteiger partial charge in [0.05, 0.1) is 5.69 Å². The number of anilines is 2. The Morgan fingerprint density at radius 2 is 1.09 bits per heavy atom. The molecule has 0 aliphatic carbocycles. The van der Waals surface area contributed by atoms with E-state index in [4.69, 9.17) is 11.5 Å². The number of hydrogen-bond acceptors (Lipinski definition) is 6. The first-order chi connectivity index (χ1) is 15.8. The molecule has 0 saturated heterocycles. The van der Waals surface area contributed by atoms with Crippen LogP contribution in [0.4, 0.5) is 11.6 Å². The minimum Gasteiger partial charge on any atom is -0.384 e. The van der Waals surface area contributed by atoms with Gasteiger partial charge in [-0.25, -0.2) is 15.0 Å². The molecule has 0 unspecified atom stereocenters. The number of nitrogen functional groups attached to an aromatic ring is 2. The zero-order valence-corrected chi connectivity index (χ0v) is 23.9. The van der Waals surface area contributed by atoms with E-state index in [0.717, 1.165) is 22.9 Å². The summed E-state index contributed by atoms with van der Waals surface area (Å²) in [4.78, 5) is 16.6. The predicted octanol–water partition coefficient (Wildman–Crippen LogP) is 6.62. The molecule has 0 aromatic carbocycles. The summed E-state index contributed by atoms with van der Waals surface area (Å²) in [7, 11) is 0. The molecule has 0 radical (unpaired) electrons. The summed E-state index contributed by atoms with van der Waals surface area (Å²) in [5, 5.41) is 0. The maximum Gasteiger partial charge on any atom is 0.127 e. The van der Waals surface area contributed by atoms with Crippen LogP contribution in [-0.2, 0) is 16.2 Å². The molecule has 0 amide bonds. The first kappa shape index (κ1) is 30.0. The number of hydrogen-bond donors (Lipinski definition) is 2. The van der Waals surface area contributed by atoms with Crippen LogP contribution in [0.5, 0.6) is 0 Å². The quantitative estimate of drug-likeness (QED) is 0.376. The molecule has 35 heavy (non-hydrogen) atoms. The molecule has 0 atom stereocenters. The highest BCUT2D eigenvalue weighted by Crippen LogP contribution is 2.24. The number of rotatable bonds is 0. The fourth-order valence-corrected chi connectivity index (χ4v) is 3.11. The molecule has 3 aromatic heterocycles. The Morgan fingerprint density at radius 3 is 1.49 bits per heavy atom. The van der Waals surface area contributed by atoms with Gasteiger partial charge >= 0.3 is 0 Å². The predicted molar refractivity (Wildman–Crippen MR) is 150 cm³/mol. The van der Waals surface area contributed by atoms with Crippen molar-refractivity contribution in [1.82, 2.24) is 19.9 Å². The van der Waals surface area contributed by atoms with Crippen LogP contribution >= 0.6 is 0 Å². The Hall–Kier alpha value is -3.02. The van der Waals surface area contributed by atoms with Crippen LogP contribution in [0.1, 0.15) is 96.3 Å². The zero-order chi connectivity index (χ0) is 27.2. The summed E-state index contributed by atoms with van der Waals surface area (Å²) in [6.45, 7) is 25.3. The Balaban J connectivity index is 0.000000263. The van der Waals surface area contributed by atoms with Gasteiger partial charge in [-0.1, -0.05) is 62.3 Å². The van der Waals surface area contributed by atoms with E-state index in [1.54, 1.807) is 0 Å². The van der Waals surface area contributed by atoms with Gasteiger partial charge in [0.1, 0.15) is 17.5 Å². The Labute approximate surface area is 213 Å². The lowest BCUT2D eigenvalue weighted by molar-refractivity contribution is 0.565. The summed E-state index contributed by atoms with van der Waals surface area (Å²) >= 11 is 0. The van der Waals surface area contributed by atoms with Gasteiger partial charge in [-0.05, 0) is 67.0 Å². The molecular weight excluding hydrogens is 432 g/mol. The second kappa shape index (κ2) is 11.6. The van der Waals surface area contributed by atoms with Crippen LogP contribution in [0.3, 0.4) is 0 Å². The molecule has 6 nitrogen and oxygen atoms in total. The standard InChI is InChI=1S/C10H16N2.C10H15N.C9H15N3/c1-7-5-8(10(2,3)4)6-9(11)12-7;1-8-7-9(5-6-11-8)10(2,3)4;1-6-11-7(9(2,3)4)5-8(10)12-6/h5-6H,1-4H3,(H2,11,12);5-7H,1-4H3;5H,1-4H3,(H2,10,11,12). The topological polar surface area (TPSA) is 104 Å². The van der Waals surface area contributed by atoms with Crippen molar-refractivity contribution in [3.63, 3.8) is 0 Å². The van der Waals surface area contributed by atoms with Crippen LogP contribution in [-0.4, -0.2) is 19.9 Å². The maximum atomic E-state index is 5.64. The van der Waals surface area contributed by atoms with Crippen LogP contribution in [0.2, 0.25) is 0 Å². The van der Waals surface area contributed by atoms with Gasteiger partial charge in [0.25, 0.3) is 0 Å². The van der Waals surface area contributed by atoms with E-state index in [0.29, 0.717) is 11.6 Å². The normalized spacial score (nSPS) is 11.7. The molecule has 6 heteroatoms. The number of pyridine rings is 2.